The molecule has 3 atom stereocenters. The van der Waals surface area contributed by atoms with Gasteiger partial charge in [-0.3, -0.25) is 0 Å². The molecule has 0 radical (unpaired) electrons. The first-order valence-corrected chi connectivity index (χ1v) is 7.89. The highest BCUT2D eigenvalue weighted by molar-refractivity contribution is 6.20. The lowest BCUT2D eigenvalue weighted by molar-refractivity contribution is 0.433. The molecule has 114 valence electrons. The second-order valence-electron chi connectivity index (χ2n) is 6.21. The minimum absolute atomic E-state index is 0.247. The maximum Gasteiger partial charge on any atom is 0.184 e. The van der Waals surface area contributed by atoms with Crippen LogP contribution in [0.4, 0.5) is 8.78 Å². The summed E-state index contributed by atoms with van der Waals surface area (Å²) in [5.41, 5.74) is 0.722. The third-order valence-electron chi connectivity index (χ3n) is 4.43. The predicted molar refractivity (Wildman–Crippen MR) is 80.4 cm³/mol. The Kier molecular flexibility index (Phi) is 3.91. The lowest BCUT2D eigenvalue weighted by Gasteiger charge is -2.15. The molecule has 2 aromatic rings. The minimum atomic E-state index is -0.836. The lowest BCUT2D eigenvalue weighted by Crippen LogP contribution is -2.12. The van der Waals surface area contributed by atoms with Crippen molar-refractivity contribution < 1.29 is 8.78 Å². The normalized spacial score (nSPS) is 23.9. The Morgan fingerprint density at radius 1 is 1.38 bits per heavy atom. The number of aromatic nitrogens is 2. The first kappa shape index (κ1) is 14.8. The average Bonchev–Trinajstić information content (AvgIpc) is 2.99. The number of hydrogen-bond donors (Lipinski definition) is 0. The van der Waals surface area contributed by atoms with Gasteiger partial charge in [-0.1, -0.05) is 13.3 Å². The van der Waals surface area contributed by atoms with E-state index in [0.29, 0.717) is 29.7 Å². The van der Waals surface area contributed by atoms with Crippen LogP contribution >= 0.6 is 11.6 Å². The van der Waals surface area contributed by atoms with E-state index >= 15 is 0 Å². The molecule has 0 bridgehead atoms. The SMILES string of the molecule is CC1CCC(Cn2c(C(C)Cl)nc3ccc(F)c(F)c32)C1. The fourth-order valence-corrected chi connectivity index (χ4v) is 3.58. The van der Waals surface area contributed by atoms with E-state index in [9.17, 15) is 8.78 Å². The van der Waals surface area contributed by atoms with Crippen LogP contribution in [-0.4, -0.2) is 9.55 Å². The Hall–Kier alpha value is -1.16. The topological polar surface area (TPSA) is 17.8 Å². The van der Waals surface area contributed by atoms with Crippen molar-refractivity contribution in [3.8, 4) is 0 Å². The molecule has 3 rings (SSSR count). The van der Waals surface area contributed by atoms with Crippen molar-refractivity contribution in [2.45, 2.75) is 45.0 Å². The van der Waals surface area contributed by atoms with E-state index in [1.807, 2.05) is 6.92 Å². The fraction of sp³-hybridized carbons (Fsp3) is 0.562. The molecule has 0 amide bonds. The second-order valence-corrected chi connectivity index (χ2v) is 6.86. The van der Waals surface area contributed by atoms with Gasteiger partial charge in [-0.2, -0.15) is 0 Å². The van der Waals surface area contributed by atoms with E-state index in [4.69, 9.17) is 11.6 Å². The maximum absolute atomic E-state index is 14.2. The molecule has 0 saturated heterocycles. The second kappa shape index (κ2) is 5.56. The molecule has 0 aliphatic heterocycles. The number of rotatable bonds is 3. The zero-order valence-corrected chi connectivity index (χ0v) is 13.0. The van der Waals surface area contributed by atoms with Crippen LogP contribution in [0.15, 0.2) is 12.1 Å². The first-order valence-electron chi connectivity index (χ1n) is 7.45. The van der Waals surface area contributed by atoms with Crippen LogP contribution in [0.5, 0.6) is 0 Å². The lowest BCUT2D eigenvalue weighted by atomic mass is 10.1. The van der Waals surface area contributed by atoms with E-state index in [-0.39, 0.29) is 10.9 Å². The highest BCUT2D eigenvalue weighted by atomic mass is 35.5. The zero-order valence-electron chi connectivity index (χ0n) is 12.2. The Balaban J connectivity index is 2.09. The Morgan fingerprint density at radius 2 is 2.14 bits per heavy atom. The number of alkyl halides is 1. The third-order valence-corrected chi connectivity index (χ3v) is 4.62. The Bertz CT molecular complexity index is 666. The quantitative estimate of drug-likeness (QED) is 0.725. The standard InChI is InChI=1S/C16H19ClF2N2/c1-9-3-4-11(7-9)8-21-15-13(20-16(21)10(2)17)6-5-12(18)14(15)19/h5-6,9-11H,3-4,7-8H2,1-2H3. The van der Waals surface area contributed by atoms with Crippen molar-refractivity contribution >= 4 is 22.6 Å². The summed E-state index contributed by atoms with van der Waals surface area (Å²) >= 11 is 6.19. The number of halogens is 3. The monoisotopic (exact) mass is 312 g/mol. The van der Waals surface area contributed by atoms with Gasteiger partial charge in [0, 0.05) is 6.54 Å². The highest BCUT2D eigenvalue weighted by Crippen LogP contribution is 2.34. The smallest absolute Gasteiger partial charge is 0.184 e. The van der Waals surface area contributed by atoms with E-state index in [1.165, 1.54) is 12.5 Å². The number of imidazole rings is 1. The summed E-state index contributed by atoms with van der Waals surface area (Å²) < 4.78 is 29.6. The van der Waals surface area contributed by atoms with Crippen molar-refractivity contribution in [3.63, 3.8) is 0 Å². The number of nitrogens with zero attached hydrogens (tertiary/aromatic N) is 2. The van der Waals surface area contributed by atoms with Gasteiger partial charge in [0.25, 0.3) is 0 Å². The van der Waals surface area contributed by atoms with Gasteiger partial charge in [-0.05, 0) is 43.7 Å². The Labute approximate surface area is 128 Å². The van der Waals surface area contributed by atoms with Gasteiger partial charge in [0.2, 0.25) is 0 Å². The summed E-state index contributed by atoms with van der Waals surface area (Å²) in [6.07, 6.45) is 3.43. The summed E-state index contributed by atoms with van der Waals surface area (Å²) in [5.74, 6) is 0.139. The summed E-state index contributed by atoms with van der Waals surface area (Å²) in [5, 5.41) is -0.335. The first-order chi connectivity index (χ1) is 9.97. The van der Waals surface area contributed by atoms with Gasteiger partial charge >= 0.3 is 0 Å². The van der Waals surface area contributed by atoms with Gasteiger partial charge < -0.3 is 4.57 Å². The van der Waals surface area contributed by atoms with Crippen LogP contribution in [0, 0.1) is 23.5 Å². The van der Waals surface area contributed by atoms with Crippen LogP contribution in [0.3, 0.4) is 0 Å². The number of fused-ring (bicyclic) bond motifs is 1. The third kappa shape index (κ3) is 2.66. The Morgan fingerprint density at radius 3 is 2.76 bits per heavy atom. The fourth-order valence-electron chi connectivity index (χ4n) is 3.41. The van der Waals surface area contributed by atoms with Gasteiger partial charge in [0.15, 0.2) is 11.6 Å². The van der Waals surface area contributed by atoms with Crippen LogP contribution in [0.1, 0.15) is 44.3 Å². The van der Waals surface area contributed by atoms with Crippen molar-refractivity contribution in [2.75, 3.05) is 0 Å². The predicted octanol–water partition coefficient (Wildman–Crippen LogP) is 5.05. The summed E-state index contributed by atoms with van der Waals surface area (Å²) in [7, 11) is 0. The van der Waals surface area contributed by atoms with Gasteiger partial charge in [-0.25, -0.2) is 13.8 Å². The minimum Gasteiger partial charge on any atom is -0.324 e. The van der Waals surface area contributed by atoms with Crippen LogP contribution < -0.4 is 0 Å². The molecular formula is C16H19ClF2N2. The molecule has 1 saturated carbocycles. The van der Waals surface area contributed by atoms with Gasteiger partial charge in [0.1, 0.15) is 11.3 Å². The molecular weight excluding hydrogens is 294 g/mol. The highest BCUT2D eigenvalue weighted by Gasteiger charge is 2.26. The molecule has 1 fully saturated rings. The van der Waals surface area contributed by atoms with Gasteiger partial charge in [-0.15, -0.1) is 11.6 Å². The van der Waals surface area contributed by atoms with Crippen molar-refractivity contribution in [3.05, 3.63) is 29.6 Å². The van der Waals surface area contributed by atoms with Crippen LogP contribution in [0.2, 0.25) is 0 Å². The summed E-state index contributed by atoms with van der Waals surface area (Å²) in [6, 6.07) is 2.64. The van der Waals surface area contributed by atoms with Crippen LogP contribution in [-0.2, 0) is 6.54 Å². The largest absolute Gasteiger partial charge is 0.324 e. The molecule has 5 heteroatoms. The average molecular weight is 313 g/mol. The van der Waals surface area contributed by atoms with E-state index in [2.05, 4.69) is 11.9 Å². The van der Waals surface area contributed by atoms with Crippen molar-refractivity contribution in [1.29, 1.82) is 0 Å². The molecule has 0 spiro atoms. The van der Waals surface area contributed by atoms with Gasteiger partial charge in [0.05, 0.1) is 10.9 Å². The van der Waals surface area contributed by atoms with Crippen molar-refractivity contribution in [2.24, 2.45) is 11.8 Å². The molecule has 2 nitrogen and oxygen atoms in total. The molecule has 1 aromatic carbocycles. The maximum atomic E-state index is 14.2. The summed E-state index contributed by atoms with van der Waals surface area (Å²) in [4.78, 5) is 4.40. The van der Waals surface area contributed by atoms with E-state index < -0.39 is 11.6 Å². The van der Waals surface area contributed by atoms with E-state index in [1.54, 1.807) is 4.57 Å². The van der Waals surface area contributed by atoms with Crippen molar-refractivity contribution in [1.82, 2.24) is 9.55 Å². The zero-order chi connectivity index (χ0) is 15.1. The van der Waals surface area contributed by atoms with E-state index in [0.717, 1.165) is 18.9 Å². The molecule has 1 aromatic heterocycles. The molecule has 21 heavy (non-hydrogen) atoms. The number of benzene rings is 1. The number of hydrogen-bond acceptors (Lipinski definition) is 1. The molecule has 0 N–H and O–H groups in total. The molecule has 1 aliphatic carbocycles. The molecule has 1 heterocycles. The van der Waals surface area contributed by atoms with Crippen LogP contribution in [0.25, 0.3) is 11.0 Å². The summed E-state index contributed by atoms with van der Waals surface area (Å²) in [6.45, 7) is 4.70. The molecule has 3 unspecified atom stereocenters. The molecule has 1 aliphatic rings.